The Morgan fingerprint density at radius 3 is 2.72 bits per heavy atom. The molecule has 2 aromatic rings. The molecule has 0 atom stereocenters. The predicted molar refractivity (Wildman–Crippen MR) is 69.0 cm³/mol. The minimum Gasteiger partial charge on any atom is -0.337 e. The zero-order chi connectivity index (χ0) is 13.0. The highest BCUT2D eigenvalue weighted by Crippen LogP contribution is 2.07. The first-order chi connectivity index (χ1) is 8.66. The Labute approximate surface area is 106 Å². The van der Waals surface area contributed by atoms with Crippen LogP contribution in [-0.4, -0.2) is 27.8 Å². The van der Waals surface area contributed by atoms with E-state index in [1.165, 1.54) is 0 Å². The summed E-state index contributed by atoms with van der Waals surface area (Å²) >= 11 is 0. The Balaban J connectivity index is 2.07. The molecular weight excluding hydrogens is 226 g/mol. The van der Waals surface area contributed by atoms with Gasteiger partial charge in [0.1, 0.15) is 0 Å². The smallest absolute Gasteiger partial charge is 0.255 e. The number of hydrogen-bond donors (Lipinski definition) is 0. The van der Waals surface area contributed by atoms with Crippen LogP contribution < -0.4 is 0 Å². The monoisotopic (exact) mass is 241 g/mol. The van der Waals surface area contributed by atoms with Gasteiger partial charge in [-0.15, -0.1) is 0 Å². The maximum atomic E-state index is 12.1. The van der Waals surface area contributed by atoms with Gasteiger partial charge >= 0.3 is 0 Å². The average Bonchev–Trinajstić information content (AvgIpc) is 2.40. The van der Waals surface area contributed by atoms with Crippen LogP contribution in [0.25, 0.3) is 0 Å². The predicted octanol–water partition coefficient (Wildman–Crippen LogP) is 2.06. The minimum absolute atomic E-state index is 0.0358. The van der Waals surface area contributed by atoms with Crippen LogP contribution in [0, 0.1) is 6.92 Å². The summed E-state index contributed by atoms with van der Waals surface area (Å²) in [4.78, 5) is 21.9. The Kier molecular flexibility index (Phi) is 3.67. The maximum Gasteiger partial charge on any atom is 0.255 e. The number of rotatable bonds is 3. The van der Waals surface area contributed by atoms with Gasteiger partial charge in [0.05, 0.1) is 5.56 Å². The van der Waals surface area contributed by atoms with Crippen LogP contribution in [0.15, 0.2) is 42.9 Å². The molecule has 0 unspecified atom stereocenters. The number of pyridine rings is 2. The molecule has 0 aliphatic heterocycles. The summed E-state index contributed by atoms with van der Waals surface area (Å²) in [5.74, 6) is -0.0358. The van der Waals surface area contributed by atoms with E-state index in [9.17, 15) is 4.79 Å². The molecule has 18 heavy (non-hydrogen) atoms. The van der Waals surface area contributed by atoms with E-state index in [4.69, 9.17) is 0 Å². The van der Waals surface area contributed by atoms with Crippen LogP contribution in [-0.2, 0) is 6.54 Å². The Hall–Kier alpha value is -2.23. The van der Waals surface area contributed by atoms with Gasteiger partial charge in [0.2, 0.25) is 0 Å². The van der Waals surface area contributed by atoms with Gasteiger partial charge < -0.3 is 4.90 Å². The SMILES string of the molecule is Cc1ccc(C(=O)N(C)Cc2cccnc2)cn1. The van der Waals surface area contributed by atoms with Gasteiger partial charge in [0, 0.05) is 37.9 Å². The number of amides is 1. The third-order valence-electron chi connectivity index (χ3n) is 2.65. The normalized spacial score (nSPS) is 10.1. The van der Waals surface area contributed by atoms with Gasteiger partial charge in [-0.1, -0.05) is 6.07 Å². The minimum atomic E-state index is -0.0358. The lowest BCUT2D eigenvalue weighted by molar-refractivity contribution is 0.0784. The third-order valence-corrected chi connectivity index (χ3v) is 2.65. The van der Waals surface area contributed by atoms with Crippen molar-refractivity contribution in [1.82, 2.24) is 14.9 Å². The molecule has 0 spiro atoms. The molecule has 92 valence electrons. The summed E-state index contributed by atoms with van der Waals surface area (Å²) in [5, 5.41) is 0. The molecule has 0 radical (unpaired) electrons. The van der Waals surface area contributed by atoms with Crippen LogP contribution in [0.2, 0.25) is 0 Å². The molecule has 2 rings (SSSR count). The first-order valence-corrected chi connectivity index (χ1v) is 5.74. The van der Waals surface area contributed by atoms with Crippen molar-refractivity contribution in [2.45, 2.75) is 13.5 Å². The van der Waals surface area contributed by atoms with Gasteiger partial charge in [-0.25, -0.2) is 0 Å². The van der Waals surface area contributed by atoms with Crippen molar-refractivity contribution >= 4 is 5.91 Å². The largest absolute Gasteiger partial charge is 0.337 e. The van der Waals surface area contributed by atoms with Crippen molar-refractivity contribution < 1.29 is 4.79 Å². The Morgan fingerprint density at radius 2 is 2.11 bits per heavy atom. The lowest BCUT2D eigenvalue weighted by atomic mass is 10.2. The molecular formula is C14H15N3O. The molecule has 0 aliphatic carbocycles. The van der Waals surface area contributed by atoms with Crippen LogP contribution in [0.5, 0.6) is 0 Å². The molecule has 2 heterocycles. The zero-order valence-corrected chi connectivity index (χ0v) is 10.5. The van der Waals surface area contributed by atoms with Crippen molar-refractivity contribution in [3.63, 3.8) is 0 Å². The summed E-state index contributed by atoms with van der Waals surface area (Å²) in [6.07, 6.45) is 5.09. The second-order valence-electron chi connectivity index (χ2n) is 4.21. The second-order valence-corrected chi connectivity index (χ2v) is 4.21. The van der Waals surface area contributed by atoms with Crippen molar-refractivity contribution in [2.75, 3.05) is 7.05 Å². The van der Waals surface area contributed by atoms with Crippen molar-refractivity contribution in [1.29, 1.82) is 0 Å². The van der Waals surface area contributed by atoms with Gasteiger partial charge in [-0.2, -0.15) is 0 Å². The van der Waals surface area contributed by atoms with Gasteiger partial charge in [-0.3, -0.25) is 14.8 Å². The van der Waals surface area contributed by atoms with Crippen LogP contribution in [0.4, 0.5) is 0 Å². The summed E-state index contributed by atoms with van der Waals surface area (Å²) in [6.45, 7) is 2.44. The Bertz CT molecular complexity index is 522. The topological polar surface area (TPSA) is 46.1 Å². The molecule has 2 aromatic heterocycles. The molecule has 0 aliphatic rings. The lowest BCUT2D eigenvalue weighted by Gasteiger charge is -2.16. The summed E-state index contributed by atoms with van der Waals surface area (Å²) in [6, 6.07) is 7.45. The van der Waals surface area contributed by atoms with Crippen molar-refractivity contribution in [2.24, 2.45) is 0 Å². The average molecular weight is 241 g/mol. The van der Waals surface area contributed by atoms with E-state index >= 15 is 0 Å². The zero-order valence-electron chi connectivity index (χ0n) is 10.5. The molecule has 0 bridgehead atoms. The van der Waals surface area contributed by atoms with Crippen LogP contribution >= 0.6 is 0 Å². The standard InChI is InChI=1S/C14H15N3O/c1-11-5-6-13(9-16-11)14(18)17(2)10-12-4-3-7-15-8-12/h3-9H,10H2,1-2H3. The van der Waals surface area contributed by atoms with Crippen LogP contribution in [0.3, 0.4) is 0 Å². The summed E-state index contributed by atoms with van der Waals surface area (Å²) in [5.41, 5.74) is 2.52. The van der Waals surface area contributed by atoms with Crippen LogP contribution in [0.1, 0.15) is 21.6 Å². The van der Waals surface area contributed by atoms with E-state index in [0.29, 0.717) is 12.1 Å². The molecule has 4 nitrogen and oxygen atoms in total. The Morgan fingerprint density at radius 1 is 1.28 bits per heavy atom. The fourth-order valence-corrected chi connectivity index (χ4v) is 1.65. The van der Waals surface area contributed by atoms with E-state index < -0.39 is 0 Å². The number of aryl methyl sites for hydroxylation is 1. The number of hydrogen-bond acceptors (Lipinski definition) is 3. The van der Waals surface area contributed by atoms with E-state index in [-0.39, 0.29) is 5.91 Å². The van der Waals surface area contributed by atoms with Crippen molar-refractivity contribution in [3.8, 4) is 0 Å². The number of aromatic nitrogens is 2. The lowest BCUT2D eigenvalue weighted by Crippen LogP contribution is -2.26. The van der Waals surface area contributed by atoms with E-state index in [0.717, 1.165) is 11.3 Å². The third kappa shape index (κ3) is 2.91. The quantitative estimate of drug-likeness (QED) is 0.826. The molecule has 0 saturated carbocycles. The summed E-state index contributed by atoms with van der Waals surface area (Å²) < 4.78 is 0. The number of carbonyl (C=O) groups is 1. The first kappa shape index (κ1) is 12.2. The molecule has 1 amide bonds. The number of nitrogens with zero attached hydrogens (tertiary/aromatic N) is 3. The number of carbonyl (C=O) groups excluding carboxylic acids is 1. The molecule has 0 saturated heterocycles. The molecule has 4 heteroatoms. The van der Waals surface area contributed by atoms with Gasteiger partial charge in [0.15, 0.2) is 0 Å². The van der Waals surface area contributed by atoms with E-state index in [1.807, 2.05) is 25.1 Å². The highest BCUT2D eigenvalue weighted by molar-refractivity contribution is 5.93. The van der Waals surface area contributed by atoms with Crippen molar-refractivity contribution in [3.05, 3.63) is 59.7 Å². The highest BCUT2D eigenvalue weighted by atomic mass is 16.2. The molecule has 0 aromatic carbocycles. The fourth-order valence-electron chi connectivity index (χ4n) is 1.65. The van der Waals surface area contributed by atoms with Gasteiger partial charge in [0.25, 0.3) is 5.91 Å². The molecule has 0 N–H and O–H groups in total. The highest BCUT2D eigenvalue weighted by Gasteiger charge is 2.12. The van der Waals surface area contributed by atoms with E-state index in [2.05, 4.69) is 9.97 Å². The summed E-state index contributed by atoms with van der Waals surface area (Å²) in [7, 11) is 1.77. The molecule has 0 fully saturated rings. The second kappa shape index (κ2) is 5.40. The maximum absolute atomic E-state index is 12.1. The fraction of sp³-hybridized carbons (Fsp3) is 0.214. The first-order valence-electron chi connectivity index (χ1n) is 5.74. The van der Waals surface area contributed by atoms with Gasteiger partial charge in [-0.05, 0) is 30.7 Å². The van der Waals surface area contributed by atoms with E-state index in [1.54, 1.807) is 36.6 Å².